The molecule has 3 heteroatoms. The maximum Gasteiger partial charge on any atom is 0.222 e. The molecule has 1 aliphatic carbocycles. The van der Waals surface area contributed by atoms with Gasteiger partial charge in [-0.15, -0.1) is 0 Å². The van der Waals surface area contributed by atoms with Crippen molar-refractivity contribution in [1.29, 1.82) is 0 Å². The van der Waals surface area contributed by atoms with E-state index in [9.17, 15) is 4.79 Å². The first-order chi connectivity index (χ1) is 6.21. The van der Waals surface area contributed by atoms with Crippen LogP contribution in [0.5, 0.6) is 0 Å². The van der Waals surface area contributed by atoms with Crippen LogP contribution in [-0.4, -0.2) is 17.5 Å². The molecule has 82 valence electrons. The average Bonchev–Trinajstić information content (AvgIpc) is 1.95. The second-order valence-electron chi connectivity index (χ2n) is 5.81. The molecule has 0 aromatic rings. The van der Waals surface area contributed by atoms with Crippen LogP contribution in [0.1, 0.15) is 47.0 Å². The lowest BCUT2D eigenvalue weighted by Crippen LogP contribution is -2.53. The molecule has 0 spiro atoms. The Morgan fingerprint density at radius 2 is 2.14 bits per heavy atom. The third-order valence-electron chi connectivity index (χ3n) is 2.97. The van der Waals surface area contributed by atoms with Gasteiger partial charge in [0.1, 0.15) is 0 Å². The molecule has 0 aliphatic heterocycles. The van der Waals surface area contributed by atoms with Gasteiger partial charge < -0.3 is 11.1 Å². The molecule has 0 radical (unpaired) electrons. The Hall–Kier alpha value is -0.570. The lowest BCUT2D eigenvalue weighted by molar-refractivity contribution is -0.124. The van der Waals surface area contributed by atoms with Gasteiger partial charge >= 0.3 is 0 Å². The summed E-state index contributed by atoms with van der Waals surface area (Å²) in [5.74, 6) is 0.0790. The summed E-state index contributed by atoms with van der Waals surface area (Å²) in [6.07, 6.45) is 2.70. The van der Waals surface area contributed by atoms with E-state index in [4.69, 9.17) is 5.73 Å². The van der Waals surface area contributed by atoms with Gasteiger partial charge in [0.05, 0.1) is 0 Å². The smallest absolute Gasteiger partial charge is 0.222 e. The Kier molecular flexibility index (Phi) is 2.91. The largest absolute Gasteiger partial charge is 0.353 e. The van der Waals surface area contributed by atoms with E-state index in [1.165, 1.54) is 6.42 Å². The number of rotatable bonds is 3. The fraction of sp³-hybridized carbons (Fsp3) is 0.909. The van der Waals surface area contributed by atoms with Crippen LogP contribution in [0.4, 0.5) is 0 Å². The molecule has 1 unspecified atom stereocenters. The minimum absolute atomic E-state index is 0.0790. The molecular formula is C11H22N2O. The highest BCUT2D eigenvalue weighted by Crippen LogP contribution is 2.39. The Morgan fingerprint density at radius 1 is 1.57 bits per heavy atom. The Morgan fingerprint density at radius 3 is 2.43 bits per heavy atom. The first-order valence-electron chi connectivity index (χ1n) is 5.29. The van der Waals surface area contributed by atoms with Crippen molar-refractivity contribution in [2.45, 2.75) is 58.5 Å². The summed E-state index contributed by atoms with van der Waals surface area (Å²) < 4.78 is 0. The maximum absolute atomic E-state index is 11.6. The molecule has 3 N–H and O–H groups in total. The van der Waals surface area contributed by atoms with Crippen molar-refractivity contribution < 1.29 is 4.79 Å². The molecular weight excluding hydrogens is 176 g/mol. The van der Waals surface area contributed by atoms with Gasteiger partial charge in [-0.3, -0.25) is 4.79 Å². The van der Waals surface area contributed by atoms with E-state index in [2.05, 4.69) is 19.2 Å². The van der Waals surface area contributed by atoms with E-state index >= 15 is 0 Å². The van der Waals surface area contributed by atoms with Gasteiger partial charge in [-0.2, -0.15) is 0 Å². The zero-order chi connectivity index (χ0) is 11.0. The molecule has 1 fully saturated rings. The van der Waals surface area contributed by atoms with Crippen molar-refractivity contribution in [2.24, 2.45) is 11.1 Å². The lowest BCUT2D eigenvalue weighted by Gasteiger charge is -2.45. The lowest BCUT2D eigenvalue weighted by atomic mass is 9.67. The molecule has 0 aromatic heterocycles. The van der Waals surface area contributed by atoms with Crippen molar-refractivity contribution in [1.82, 2.24) is 5.32 Å². The fourth-order valence-electron chi connectivity index (χ4n) is 1.79. The molecule has 0 aromatic carbocycles. The molecule has 0 bridgehead atoms. The van der Waals surface area contributed by atoms with Crippen molar-refractivity contribution in [2.75, 3.05) is 0 Å². The SMILES string of the molecule is CC(C)(N)CC(=O)NC1CCC1(C)C. The fourth-order valence-corrected chi connectivity index (χ4v) is 1.79. The second kappa shape index (κ2) is 3.54. The highest BCUT2D eigenvalue weighted by Gasteiger charge is 2.39. The van der Waals surface area contributed by atoms with Gasteiger partial charge in [-0.05, 0) is 32.1 Å². The number of hydrogen-bond donors (Lipinski definition) is 2. The summed E-state index contributed by atoms with van der Waals surface area (Å²) in [6.45, 7) is 8.13. The number of nitrogens with one attached hydrogen (secondary N) is 1. The van der Waals surface area contributed by atoms with Crippen LogP contribution < -0.4 is 11.1 Å². The van der Waals surface area contributed by atoms with Crippen LogP contribution in [0.15, 0.2) is 0 Å². The summed E-state index contributed by atoms with van der Waals surface area (Å²) in [4.78, 5) is 11.6. The summed E-state index contributed by atoms with van der Waals surface area (Å²) in [5, 5.41) is 3.04. The maximum atomic E-state index is 11.6. The first kappa shape index (κ1) is 11.5. The van der Waals surface area contributed by atoms with E-state index in [0.717, 1.165) is 6.42 Å². The van der Waals surface area contributed by atoms with Crippen LogP contribution in [-0.2, 0) is 4.79 Å². The summed E-state index contributed by atoms with van der Waals surface area (Å²) in [7, 11) is 0. The predicted molar refractivity (Wildman–Crippen MR) is 57.8 cm³/mol. The van der Waals surface area contributed by atoms with Gasteiger partial charge in [-0.25, -0.2) is 0 Å². The molecule has 1 rings (SSSR count). The topological polar surface area (TPSA) is 55.1 Å². The molecule has 3 nitrogen and oxygen atoms in total. The Labute approximate surface area is 86.4 Å². The monoisotopic (exact) mass is 198 g/mol. The van der Waals surface area contributed by atoms with Crippen LogP contribution >= 0.6 is 0 Å². The number of carbonyl (C=O) groups excluding carboxylic acids is 1. The summed E-state index contributed by atoms with van der Waals surface area (Å²) in [6, 6.07) is 0.345. The second-order valence-corrected chi connectivity index (χ2v) is 5.81. The van der Waals surface area contributed by atoms with Crippen molar-refractivity contribution >= 4 is 5.91 Å². The van der Waals surface area contributed by atoms with Crippen LogP contribution in [0.3, 0.4) is 0 Å². The van der Waals surface area contributed by atoms with E-state index in [1.54, 1.807) is 0 Å². The van der Waals surface area contributed by atoms with Crippen molar-refractivity contribution in [3.8, 4) is 0 Å². The van der Waals surface area contributed by atoms with Gasteiger partial charge in [0, 0.05) is 18.0 Å². The zero-order valence-corrected chi connectivity index (χ0v) is 9.68. The van der Waals surface area contributed by atoms with Gasteiger partial charge in [0.2, 0.25) is 5.91 Å². The first-order valence-corrected chi connectivity index (χ1v) is 5.29. The quantitative estimate of drug-likeness (QED) is 0.720. The van der Waals surface area contributed by atoms with Gasteiger partial charge in [-0.1, -0.05) is 13.8 Å². The van der Waals surface area contributed by atoms with E-state index < -0.39 is 5.54 Å². The standard InChI is InChI=1S/C11H22N2O/c1-10(2)6-5-8(10)13-9(14)7-11(3,4)12/h8H,5-7,12H2,1-4H3,(H,13,14). The minimum atomic E-state index is -0.405. The van der Waals surface area contributed by atoms with Crippen LogP contribution in [0.25, 0.3) is 0 Å². The number of nitrogens with two attached hydrogens (primary N) is 1. The van der Waals surface area contributed by atoms with Crippen LogP contribution in [0, 0.1) is 5.41 Å². The summed E-state index contributed by atoms with van der Waals surface area (Å²) in [5.41, 5.74) is 5.65. The van der Waals surface area contributed by atoms with Gasteiger partial charge in [0.25, 0.3) is 0 Å². The highest BCUT2D eigenvalue weighted by atomic mass is 16.1. The third-order valence-corrected chi connectivity index (χ3v) is 2.97. The molecule has 14 heavy (non-hydrogen) atoms. The molecule has 1 atom stereocenters. The molecule has 1 aliphatic rings. The highest BCUT2D eigenvalue weighted by molar-refractivity contribution is 5.77. The number of amides is 1. The minimum Gasteiger partial charge on any atom is -0.353 e. The molecule has 0 heterocycles. The zero-order valence-electron chi connectivity index (χ0n) is 9.68. The Balaban J connectivity index is 2.35. The van der Waals surface area contributed by atoms with Crippen molar-refractivity contribution in [3.63, 3.8) is 0 Å². The average molecular weight is 198 g/mol. The summed E-state index contributed by atoms with van der Waals surface area (Å²) >= 11 is 0. The Bertz CT molecular complexity index is 228. The number of carbonyl (C=O) groups is 1. The predicted octanol–water partition coefficient (Wildman–Crippen LogP) is 1.42. The van der Waals surface area contributed by atoms with Crippen molar-refractivity contribution in [3.05, 3.63) is 0 Å². The van der Waals surface area contributed by atoms with E-state index in [1.807, 2.05) is 13.8 Å². The van der Waals surface area contributed by atoms with Crippen LogP contribution in [0.2, 0.25) is 0 Å². The van der Waals surface area contributed by atoms with E-state index in [0.29, 0.717) is 12.5 Å². The normalized spacial score (nSPS) is 25.4. The molecule has 1 amide bonds. The molecule has 0 saturated heterocycles. The number of hydrogen-bond acceptors (Lipinski definition) is 2. The van der Waals surface area contributed by atoms with Gasteiger partial charge in [0.15, 0.2) is 0 Å². The molecule has 1 saturated carbocycles. The third kappa shape index (κ3) is 2.98. The van der Waals surface area contributed by atoms with E-state index in [-0.39, 0.29) is 11.3 Å².